The van der Waals surface area contributed by atoms with E-state index in [4.69, 9.17) is 17.3 Å². The first-order valence-corrected chi connectivity index (χ1v) is 3.99. The van der Waals surface area contributed by atoms with Crippen molar-refractivity contribution in [3.8, 4) is 0 Å². The van der Waals surface area contributed by atoms with Crippen LogP contribution in [0.25, 0.3) is 0 Å². The van der Waals surface area contributed by atoms with Crippen LogP contribution in [0.4, 0.5) is 0 Å². The number of carboxylic acid groups (broad SMARTS) is 1. The van der Waals surface area contributed by atoms with Crippen LogP contribution in [-0.4, -0.2) is 40.1 Å². The molecule has 0 bridgehead atoms. The van der Waals surface area contributed by atoms with Gasteiger partial charge in [0.1, 0.15) is 4.32 Å². The molecule has 0 aromatic carbocycles. The van der Waals surface area contributed by atoms with Gasteiger partial charge >= 0.3 is 5.97 Å². The normalized spacial score (nSPS) is 9.00. The summed E-state index contributed by atoms with van der Waals surface area (Å²) < 4.78 is 0.599. The van der Waals surface area contributed by atoms with Crippen LogP contribution in [0.5, 0.6) is 0 Å². The molecule has 0 radical (unpaired) electrons. The van der Waals surface area contributed by atoms with Gasteiger partial charge in [0.15, 0.2) is 0 Å². The predicted octanol–water partition coefficient (Wildman–Crippen LogP) is 0.651. The smallest absolute Gasteiger partial charge is 0.313 e. The molecule has 0 aromatic heterocycles. The summed E-state index contributed by atoms with van der Waals surface area (Å²) in [5.74, 6) is -0.800. The molecule has 5 heteroatoms. The van der Waals surface area contributed by atoms with Crippen LogP contribution < -0.4 is 0 Å². The van der Waals surface area contributed by atoms with Gasteiger partial charge in [-0.15, -0.1) is 0 Å². The number of thiocarbonyl (C=S) groups is 1. The van der Waals surface area contributed by atoms with E-state index in [1.54, 1.807) is 19.0 Å². The Kier molecular flexibility index (Phi) is 4.38. The maximum atomic E-state index is 10.0. The first-order chi connectivity index (χ1) is 4.54. The fourth-order valence-corrected chi connectivity index (χ4v) is 0.935. The van der Waals surface area contributed by atoms with Crippen LogP contribution in [0.3, 0.4) is 0 Å². The van der Waals surface area contributed by atoms with E-state index in [-0.39, 0.29) is 5.75 Å². The average molecular weight is 179 g/mol. The minimum absolute atomic E-state index is 0.0387. The van der Waals surface area contributed by atoms with Crippen LogP contribution in [0, 0.1) is 0 Å². The molecule has 0 unspecified atom stereocenters. The third kappa shape index (κ3) is 4.58. The van der Waals surface area contributed by atoms with Crippen LogP contribution in [-0.2, 0) is 4.79 Å². The molecule has 0 heterocycles. The summed E-state index contributed by atoms with van der Waals surface area (Å²) in [6.45, 7) is 0. The SMILES string of the molecule is CN(C)C(=S)SCC(=O)O. The lowest BCUT2D eigenvalue weighted by atomic mass is 10.8. The quantitative estimate of drug-likeness (QED) is 0.630. The van der Waals surface area contributed by atoms with Crippen molar-refractivity contribution < 1.29 is 9.90 Å². The van der Waals surface area contributed by atoms with Gasteiger partial charge in [-0.05, 0) is 0 Å². The Labute approximate surface area is 69.4 Å². The number of hydrogen-bond acceptors (Lipinski definition) is 3. The molecule has 1 N–H and O–H groups in total. The van der Waals surface area contributed by atoms with Gasteiger partial charge in [0.2, 0.25) is 0 Å². The summed E-state index contributed by atoms with van der Waals surface area (Å²) in [5.41, 5.74) is 0. The second-order valence-corrected chi connectivity index (χ2v) is 3.45. The Bertz CT molecular complexity index is 147. The average Bonchev–Trinajstić information content (AvgIpc) is 1.82. The van der Waals surface area contributed by atoms with Crippen molar-refractivity contribution in [1.82, 2.24) is 4.90 Å². The van der Waals surface area contributed by atoms with Gasteiger partial charge in [-0.25, -0.2) is 0 Å². The van der Waals surface area contributed by atoms with Gasteiger partial charge in [0.05, 0.1) is 5.75 Å². The molecule has 3 nitrogen and oxygen atoms in total. The van der Waals surface area contributed by atoms with E-state index in [1.807, 2.05) is 0 Å². The second kappa shape index (κ2) is 4.51. The van der Waals surface area contributed by atoms with E-state index in [9.17, 15) is 4.79 Å². The summed E-state index contributed by atoms with van der Waals surface area (Å²) in [6, 6.07) is 0. The largest absolute Gasteiger partial charge is 0.481 e. The lowest BCUT2D eigenvalue weighted by Gasteiger charge is -2.10. The van der Waals surface area contributed by atoms with Crippen molar-refractivity contribution in [3.05, 3.63) is 0 Å². The van der Waals surface area contributed by atoms with E-state index in [0.29, 0.717) is 4.32 Å². The Morgan fingerprint density at radius 2 is 2.20 bits per heavy atom. The molecule has 0 aliphatic carbocycles. The highest BCUT2D eigenvalue weighted by Gasteiger charge is 2.02. The molecule has 0 aliphatic rings. The zero-order chi connectivity index (χ0) is 8.15. The van der Waals surface area contributed by atoms with Crippen LogP contribution in [0.2, 0.25) is 0 Å². The lowest BCUT2D eigenvalue weighted by Crippen LogP contribution is -2.17. The highest BCUT2D eigenvalue weighted by molar-refractivity contribution is 8.23. The minimum Gasteiger partial charge on any atom is -0.481 e. The summed E-state index contributed by atoms with van der Waals surface area (Å²) in [6.07, 6.45) is 0. The first-order valence-electron chi connectivity index (χ1n) is 2.60. The zero-order valence-corrected chi connectivity index (χ0v) is 7.46. The zero-order valence-electron chi connectivity index (χ0n) is 5.83. The minimum atomic E-state index is -0.839. The van der Waals surface area contributed by atoms with Crippen LogP contribution in [0.1, 0.15) is 0 Å². The molecule has 0 aromatic rings. The van der Waals surface area contributed by atoms with Crippen LogP contribution >= 0.6 is 24.0 Å². The summed E-state index contributed by atoms with van der Waals surface area (Å²) >= 11 is 5.97. The number of aliphatic carboxylic acids is 1. The third-order valence-corrected chi connectivity index (χ3v) is 2.41. The standard InChI is InChI=1S/C5H9NO2S2/c1-6(2)5(9)10-3-4(7)8/h3H2,1-2H3,(H,7,8). The van der Waals surface area contributed by atoms with E-state index in [1.165, 1.54) is 0 Å². The molecule has 0 saturated heterocycles. The molecule has 0 spiro atoms. The van der Waals surface area contributed by atoms with Gasteiger partial charge in [0.25, 0.3) is 0 Å². The van der Waals surface area contributed by atoms with Gasteiger partial charge in [-0.2, -0.15) is 0 Å². The number of hydrogen-bond donors (Lipinski definition) is 1. The number of carboxylic acids is 1. The second-order valence-electron chi connectivity index (χ2n) is 1.84. The Morgan fingerprint density at radius 3 is 2.50 bits per heavy atom. The third-order valence-electron chi connectivity index (χ3n) is 0.684. The molecular formula is C5H9NO2S2. The Hall–Kier alpha value is -0.290. The van der Waals surface area contributed by atoms with Crippen molar-refractivity contribution in [3.63, 3.8) is 0 Å². The summed E-state index contributed by atoms with van der Waals surface area (Å²) in [5, 5.41) is 8.25. The molecular weight excluding hydrogens is 170 g/mol. The molecule has 0 fully saturated rings. The fraction of sp³-hybridized carbons (Fsp3) is 0.600. The van der Waals surface area contributed by atoms with Crippen molar-refractivity contribution in [2.45, 2.75) is 0 Å². The highest BCUT2D eigenvalue weighted by atomic mass is 32.2. The van der Waals surface area contributed by atoms with Crippen molar-refractivity contribution in [2.75, 3.05) is 19.8 Å². The van der Waals surface area contributed by atoms with Gasteiger partial charge < -0.3 is 10.0 Å². The van der Waals surface area contributed by atoms with Crippen molar-refractivity contribution in [1.29, 1.82) is 0 Å². The molecule has 0 saturated carbocycles. The number of rotatable bonds is 2. The fourth-order valence-electron chi connectivity index (χ4n) is 0.253. The van der Waals surface area contributed by atoms with E-state index in [0.717, 1.165) is 11.8 Å². The summed E-state index contributed by atoms with van der Waals surface area (Å²) in [7, 11) is 3.58. The lowest BCUT2D eigenvalue weighted by molar-refractivity contribution is -0.133. The first kappa shape index (κ1) is 9.71. The predicted molar refractivity (Wildman–Crippen MR) is 46.4 cm³/mol. The van der Waals surface area contributed by atoms with Crippen molar-refractivity contribution in [2.24, 2.45) is 0 Å². The molecule has 0 aliphatic heterocycles. The van der Waals surface area contributed by atoms with Gasteiger partial charge in [-0.1, -0.05) is 24.0 Å². The number of nitrogens with zero attached hydrogens (tertiary/aromatic N) is 1. The maximum absolute atomic E-state index is 10.0. The molecule has 0 amide bonds. The van der Waals surface area contributed by atoms with E-state index < -0.39 is 5.97 Å². The molecule has 58 valence electrons. The monoisotopic (exact) mass is 179 g/mol. The molecule has 0 atom stereocenters. The van der Waals surface area contributed by atoms with Gasteiger partial charge in [0, 0.05) is 14.1 Å². The number of carbonyl (C=O) groups is 1. The molecule has 10 heavy (non-hydrogen) atoms. The Morgan fingerprint density at radius 1 is 1.70 bits per heavy atom. The van der Waals surface area contributed by atoms with Crippen LogP contribution in [0.15, 0.2) is 0 Å². The number of thioether (sulfide) groups is 1. The van der Waals surface area contributed by atoms with Crippen molar-refractivity contribution >= 4 is 34.3 Å². The molecule has 0 rings (SSSR count). The maximum Gasteiger partial charge on any atom is 0.313 e. The Balaban J connectivity index is 3.50. The highest BCUT2D eigenvalue weighted by Crippen LogP contribution is 2.04. The van der Waals surface area contributed by atoms with E-state index >= 15 is 0 Å². The summed E-state index contributed by atoms with van der Waals surface area (Å²) in [4.78, 5) is 11.7. The topological polar surface area (TPSA) is 40.5 Å². The van der Waals surface area contributed by atoms with Gasteiger partial charge in [-0.3, -0.25) is 4.79 Å². The van der Waals surface area contributed by atoms with E-state index in [2.05, 4.69) is 0 Å².